The number of rotatable bonds is 19. The van der Waals surface area contributed by atoms with Gasteiger partial charge in [-0.05, 0) is 0 Å². The summed E-state index contributed by atoms with van der Waals surface area (Å²) in [5, 5.41) is 161. The maximum atomic E-state index is 13.0. The van der Waals surface area contributed by atoms with E-state index in [-0.39, 0.29) is 0 Å². The molecule has 2 fully saturated rings. The van der Waals surface area contributed by atoms with Gasteiger partial charge in [0.1, 0.15) is 85.5 Å². The van der Waals surface area contributed by atoms with E-state index in [0.29, 0.717) is 0 Å². The fraction of sp³-hybridized carbons (Fsp3) is 0.929. The Morgan fingerprint density at radius 1 is 0.558 bits per heavy atom. The highest BCUT2D eigenvalue weighted by atomic mass is 16.7. The lowest BCUT2D eigenvalue weighted by atomic mass is 9.98. The van der Waals surface area contributed by atoms with Crippen molar-refractivity contribution in [3.05, 3.63) is 0 Å². The zero-order valence-electron chi connectivity index (χ0n) is 28.1. The van der Waals surface area contributed by atoms with E-state index >= 15 is 0 Å². The Morgan fingerprint density at radius 2 is 0.865 bits per heavy atom. The monoisotopic (exact) mass is 768 g/mol. The van der Waals surface area contributed by atoms with Crippen LogP contribution >= 0.6 is 0 Å². The second-order valence-electron chi connectivity index (χ2n) is 12.5. The fourth-order valence-corrected chi connectivity index (χ4v) is 5.30. The maximum absolute atomic E-state index is 13.0. The molecule has 52 heavy (non-hydrogen) atoms. The van der Waals surface area contributed by atoms with E-state index in [0.717, 1.165) is 23.9 Å². The van der Waals surface area contributed by atoms with Crippen LogP contribution in [-0.4, -0.2) is 267 Å². The number of aliphatic hydroxyl groups is 16. The molecule has 0 unspecified atom stereocenters. The molecule has 0 aromatic carbocycles. The van der Waals surface area contributed by atoms with Gasteiger partial charge < -0.3 is 110 Å². The molecule has 18 atom stereocenters. The Kier molecular flexibility index (Phi) is 18.4. The lowest BCUT2D eigenvalue weighted by molar-refractivity contribution is -0.326. The molecular formula is C28H52N2O22. The Morgan fingerprint density at radius 3 is 1.13 bits per heavy atom. The van der Waals surface area contributed by atoms with Crippen molar-refractivity contribution in [2.45, 2.75) is 110 Å². The molecule has 2 saturated heterocycles. The second-order valence-corrected chi connectivity index (χ2v) is 12.5. The summed E-state index contributed by atoms with van der Waals surface area (Å²) in [5.74, 6) is -2.50. The SMILES string of the molecule is CN(CCN(C)C(=O)[C@H](O)[C@@H](O)[C@H](O[C@@H]1O[C@H](CO)[C@H](O)[C@H](O)[C@H]1O)[C@H](O)CO)C(=O)[C@H](O)[C@@H](O)[C@H](O[C@@H]1O[C@H](CO)[C@H](O)[C@H](O)[C@H]1O)[C@H](O)CO. The van der Waals surface area contributed by atoms with E-state index in [1.54, 1.807) is 0 Å². The van der Waals surface area contributed by atoms with Gasteiger partial charge in [-0.1, -0.05) is 0 Å². The molecule has 2 aliphatic heterocycles. The Bertz CT molecular complexity index is 1010. The molecule has 2 rings (SSSR count). The summed E-state index contributed by atoms with van der Waals surface area (Å²) in [7, 11) is 2.19. The van der Waals surface area contributed by atoms with Crippen LogP contribution in [0.1, 0.15) is 0 Å². The summed E-state index contributed by atoms with van der Waals surface area (Å²) in [6.07, 6.45) is -36.0. The number of carbonyl (C=O) groups is 2. The van der Waals surface area contributed by atoms with Crippen molar-refractivity contribution in [3.63, 3.8) is 0 Å². The van der Waals surface area contributed by atoms with E-state index in [1.807, 2.05) is 0 Å². The predicted octanol–water partition coefficient (Wildman–Crippen LogP) is -11.6. The zero-order chi connectivity index (χ0) is 39.8. The first-order chi connectivity index (χ1) is 24.3. The van der Waals surface area contributed by atoms with Crippen LogP contribution in [0.15, 0.2) is 0 Å². The van der Waals surface area contributed by atoms with Crippen molar-refractivity contribution in [1.29, 1.82) is 0 Å². The summed E-state index contributed by atoms with van der Waals surface area (Å²) in [6.45, 7) is -4.81. The van der Waals surface area contributed by atoms with Crippen molar-refractivity contribution < 1.29 is 110 Å². The van der Waals surface area contributed by atoms with Crippen LogP contribution in [0.2, 0.25) is 0 Å². The molecule has 0 radical (unpaired) electrons. The first-order valence-electron chi connectivity index (χ1n) is 16.0. The molecular weight excluding hydrogens is 716 g/mol. The average Bonchev–Trinajstić information content (AvgIpc) is 3.14. The number of ether oxygens (including phenoxy) is 4. The lowest BCUT2D eigenvalue weighted by Crippen LogP contribution is -2.62. The molecule has 0 aromatic heterocycles. The van der Waals surface area contributed by atoms with Crippen LogP contribution in [0, 0.1) is 0 Å². The number of hydrogen-bond acceptors (Lipinski definition) is 22. The third kappa shape index (κ3) is 10.9. The first-order valence-corrected chi connectivity index (χ1v) is 16.0. The molecule has 0 saturated carbocycles. The summed E-state index contributed by atoms with van der Waals surface area (Å²) in [6, 6.07) is 0. The Labute approximate surface area is 296 Å². The smallest absolute Gasteiger partial charge is 0.254 e. The fourth-order valence-electron chi connectivity index (χ4n) is 5.30. The number of likely N-dealkylation sites (N-methyl/N-ethyl adjacent to an activating group) is 2. The van der Waals surface area contributed by atoms with Gasteiger partial charge in [0.2, 0.25) is 0 Å². The van der Waals surface area contributed by atoms with Gasteiger partial charge in [0, 0.05) is 27.2 Å². The quantitative estimate of drug-likeness (QED) is 0.0580. The predicted molar refractivity (Wildman–Crippen MR) is 163 cm³/mol. The number of nitrogens with zero attached hydrogens (tertiary/aromatic N) is 2. The van der Waals surface area contributed by atoms with E-state index in [2.05, 4.69) is 0 Å². The highest BCUT2D eigenvalue weighted by Gasteiger charge is 2.49. The van der Waals surface area contributed by atoms with E-state index in [9.17, 15) is 91.3 Å². The number of carbonyl (C=O) groups excluding carboxylic acids is 2. The standard InChI is InChI=1S/C28H52N2O22/c1-29(25(47)19(43)17(41)23(9(35)5-31)51-27-21(45)15(39)13(37)11(7-33)49-27)3-4-30(2)26(48)20(44)18(42)24(10(36)6-32)52-28-22(46)16(40)14(38)12(8-34)50-28/h9-24,27-28,31-46H,3-8H2,1-2H3/t9-,10-,11-,12-,13+,14+,15+,16+,17-,18-,19-,20-,21-,22-,23-,24-,27+,28+/m1/s1. The van der Waals surface area contributed by atoms with Crippen LogP contribution in [-0.2, 0) is 28.5 Å². The van der Waals surface area contributed by atoms with E-state index in [4.69, 9.17) is 18.9 Å². The van der Waals surface area contributed by atoms with Gasteiger partial charge in [-0.15, -0.1) is 0 Å². The van der Waals surface area contributed by atoms with Gasteiger partial charge in [-0.2, -0.15) is 0 Å². The second kappa shape index (κ2) is 20.7. The lowest BCUT2D eigenvalue weighted by Gasteiger charge is -2.42. The molecule has 0 spiro atoms. The van der Waals surface area contributed by atoms with Gasteiger partial charge in [-0.3, -0.25) is 9.59 Å². The van der Waals surface area contributed by atoms with Crippen LogP contribution in [0.4, 0.5) is 0 Å². The number of aliphatic hydroxyl groups excluding tert-OH is 16. The van der Waals surface area contributed by atoms with E-state index < -0.39 is 162 Å². The molecule has 16 N–H and O–H groups in total. The zero-order valence-corrected chi connectivity index (χ0v) is 28.1. The molecule has 2 amide bonds. The van der Waals surface area contributed by atoms with Crippen LogP contribution in [0.25, 0.3) is 0 Å². The number of amides is 2. The minimum atomic E-state index is -2.41. The highest BCUT2D eigenvalue weighted by molar-refractivity contribution is 5.82. The molecule has 24 heteroatoms. The van der Waals surface area contributed by atoms with Crippen molar-refractivity contribution in [2.75, 3.05) is 53.6 Å². The third-order valence-corrected chi connectivity index (χ3v) is 8.76. The van der Waals surface area contributed by atoms with E-state index in [1.165, 1.54) is 0 Å². The third-order valence-electron chi connectivity index (χ3n) is 8.76. The van der Waals surface area contributed by atoms with Gasteiger partial charge in [0.25, 0.3) is 11.8 Å². The summed E-state index contributed by atoms with van der Waals surface area (Å²) in [4.78, 5) is 27.5. The van der Waals surface area contributed by atoms with Gasteiger partial charge in [0.15, 0.2) is 24.8 Å². The minimum Gasteiger partial charge on any atom is -0.394 e. The normalized spacial score (nSPS) is 34.3. The molecule has 2 aliphatic rings. The van der Waals surface area contributed by atoms with Gasteiger partial charge in [0.05, 0.1) is 26.4 Å². The van der Waals surface area contributed by atoms with Gasteiger partial charge >= 0.3 is 0 Å². The molecule has 2 heterocycles. The Balaban J connectivity index is 2.07. The summed E-state index contributed by atoms with van der Waals surface area (Å²) in [5.41, 5.74) is 0. The molecule has 24 nitrogen and oxygen atoms in total. The first kappa shape index (κ1) is 46.3. The van der Waals surface area contributed by atoms with Crippen LogP contribution < -0.4 is 0 Å². The topological polar surface area (TPSA) is 401 Å². The summed E-state index contributed by atoms with van der Waals surface area (Å²) >= 11 is 0. The largest absolute Gasteiger partial charge is 0.394 e. The maximum Gasteiger partial charge on any atom is 0.254 e. The number of hydrogen-bond donors (Lipinski definition) is 16. The highest BCUT2D eigenvalue weighted by Crippen LogP contribution is 2.27. The molecule has 0 aromatic rings. The average molecular weight is 769 g/mol. The van der Waals surface area contributed by atoms with Crippen LogP contribution in [0.5, 0.6) is 0 Å². The minimum absolute atomic E-state index is 0.432. The van der Waals surface area contributed by atoms with Crippen molar-refractivity contribution in [2.24, 2.45) is 0 Å². The molecule has 0 aliphatic carbocycles. The molecule has 306 valence electrons. The van der Waals surface area contributed by atoms with Crippen molar-refractivity contribution >= 4 is 11.8 Å². The van der Waals surface area contributed by atoms with Crippen molar-refractivity contribution in [1.82, 2.24) is 9.80 Å². The molecule has 0 bridgehead atoms. The summed E-state index contributed by atoms with van der Waals surface area (Å²) < 4.78 is 20.8. The van der Waals surface area contributed by atoms with Crippen LogP contribution in [0.3, 0.4) is 0 Å². The Hall–Kier alpha value is -1.86. The van der Waals surface area contributed by atoms with Gasteiger partial charge in [-0.25, -0.2) is 0 Å². The van der Waals surface area contributed by atoms with Crippen molar-refractivity contribution in [3.8, 4) is 0 Å².